The third kappa shape index (κ3) is 2.68. The Bertz CT molecular complexity index is 899. The van der Waals surface area contributed by atoms with Gasteiger partial charge < -0.3 is 4.98 Å². The van der Waals surface area contributed by atoms with Gasteiger partial charge in [-0.2, -0.15) is 0 Å². The van der Waals surface area contributed by atoms with Gasteiger partial charge in [-0.15, -0.1) is 11.3 Å². The SMILES string of the molecule is CCN(C(=O)c1c[nH]c2ccc([N+](=O)[O-])cc12)c1nc(C)cs1. The van der Waals surface area contributed by atoms with Gasteiger partial charge in [-0.3, -0.25) is 19.8 Å². The minimum Gasteiger partial charge on any atom is -0.360 e. The summed E-state index contributed by atoms with van der Waals surface area (Å²) in [6, 6.07) is 4.43. The predicted molar refractivity (Wildman–Crippen MR) is 89.2 cm³/mol. The monoisotopic (exact) mass is 330 g/mol. The highest BCUT2D eigenvalue weighted by atomic mass is 32.1. The number of fused-ring (bicyclic) bond motifs is 1. The van der Waals surface area contributed by atoms with E-state index < -0.39 is 4.92 Å². The fraction of sp³-hybridized carbons (Fsp3) is 0.200. The van der Waals surface area contributed by atoms with Crippen molar-refractivity contribution in [1.29, 1.82) is 0 Å². The number of aromatic amines is 1. The molecule has 0 unspecified atom stereocenters. The van der Waals surface area contributed by atoms with E-state index in [0.29, 0.717) is 28.1 Å². The summed E-state index contributed by atoms with van der Waals surface area (Å²) in [7, 11) is 0. The lowest BCUT2D eigenvalue weighted by Crippen LogP contribution is -2.30. The number of benzene rings is 1. The van der Waals surface area contributed by atoms with Crippen molar-refractivity contribution in [1.82, 2.24) is 9.97 Å². The Labute approximate surface area is 135 Å². The highest BCUT2D eigenvalue weighted by molar-refractivity contribution is 7.14. The molecule has 0 radical (unpaired) electrons. The number of thiazole rings is 1. The van der Waals surface area contributed by atoms with Gasteiger partial charge in [-0.1, -0.05) is 0 Å². The third-order valence-electron chi connectivity index (χ3n) is 3.51. The Morgan fingerprint density at radius 1 is 1.48 bits per heavy atom. The number of aromatic nitrogens is 2. The molecule has 7 nitrogen and oxygen atoms in total. The number of amides is 1. The molecule has 8 heteroatoms. The van der Waals surface area contributed by atoms with Gasteiger partial charge in [0.05, 0.1) is 16.2 Å². The summed E-state index contributed by atoms with van der Waals surface area (Å²) < 4.78 is 0. The minimum absolute atomic E-state index is 0.0423. The van der Waals surface area contributed by atoms with Crippen LogP contribution in [0.25, 0.3) is 10.9 Å². The molecule has 3 aromatic rings. The fourth-order valence-corrected chi connectivity index (χ4v) is 3.24. The third-order valence-corrected chi connectivity index (χ3v) is 4.49. The molecular weight excluding hydrogens is 316 g/mol. The number of nitrogens with one attached hydrogen (secondary N) is 1. The summed E-state index contributed by atoms with van der Waals surface area (Å²) >= 11 is 1.40. The number of rotatable bonds is 4. The normalized spacial score (nSPS) is 10.9. The molecule has 0 saturated carbocycles. The van der Waals surface area contributed by atoms with Crippen molar-refractivity contribution in [3.05, 3.63) is 51.1 Å². The lowest BCUT2D eigenvalue weighted by molar-refractivity contribution is -0.384. The van der Waals surface area contributed by atoms with Gasteiger partial charge >= 0.3 is 0 Å². The van der Waals surface area contributed by atoms with Crippen LogP contribution in [0.4, 0.5) is 10.8 Å². The molecule has 1 amide bonds. The van der Waals surface area contributed by atoms with Crippen LogP contribution in [0.15, 0.2) is 29.8 Å². The van der Waals surface area contributed by atoms with E-state index >= 15 is 0 Å². The first-order valence-corrected chi connectivity index (χ1v) is 7.88. The lowest BCUT2D eigenvalue weighted by atomic mass is 10.1. The molecule has 0 spiro atoms. The van der Waals surface area contributed by atoms with Crippen LogP contribution in [0.5, 0.6) is 0 Å². The minimum atomic E-state index is -0.470. The second kappa shape index (κ2) is 5.81. The number of anilines is 1. The number of nitro benzene ring substituents is 1. The molecule has 0 fully saturated rings. The largest absolute Gasteiger partial charge is 0.360 e. The molecule has 1 N–H and O–H groups in total. The van der Waals surface area contributed by atoms with Crippen molar-refractivity contribution < 1.29 is 9.72 Å². The molecule has 2 heterocycles. The molecule has 0 aliphatic rings. The number of carbonyl (C=O) groups excluding carboxylic acids is 1. The number of nitro groups is 1. The maximum absolute atomic E-state index is 12.8. The molecule has 0 bridgehead atoms. The number of hydrogen-bond acceptors (Lipinski definition) is 5. The first-order valence-electron chi connectivity index (χ1n) is 7.00. The van der Waals surface area contributed by atoms with Crippen molar-refractivity contribution >= 4 is 39.0 Å². The van der Waals surface area contributed by atoms with Crippen LogP contribution < -0.4 is 4.90 Å². The average Bonchev–Trinajstić information content (AvgIpc) is 3.13. The van der Waals surface area contributed by atoms with Crippen LogP contribution in [-0.4, -0.2) is 27.3 Å². The van der Waals surface area contributed by atoms with Crippen LogP contribution in [0.1, 0.15) is 23.0 Å². The zero-order chi connectivity index (χ0) is 16.6. The Balaban J connectivity index is 2.06. The van der Waals surface area contributed by atoms with Gasteiger partial charge in [0.25, 0.3) is 11.6 Å². The highest BCUT2D eigenvalue weighted by Gasteiger charge is 2.22. The van der Waals surface area contributed by atoms with Gasteiger partial charge in [0.15, 0.2) is 5.13 Å². The van der Waals surface area contributed by atoms with E-state index in [0.717, 1.165) is 5.69 Å². The number of aryl methyl sites for hydroxylation is 1. The molecule has 0 aliphatic heterocycles. The van der Waals surface area contributed by atoms with Crippen molar-refractivity contribution in [2.45, 2.75) is 13.8 Å². The summed E-state index contributed by atoms with van der Waals surface area (Å²) in [5, 5.41) is 14.0. The van der Waals surface area contributed by atoms with Crippen LogP contribution >= 0.6 is 11.3 Å². The van der Waals surface area contributed by atoms with Crippen LogP contribution in [-0.2, 0) is 0 Å². The van der Waals surface area contributed by atoms with Gasteiger partial charge in [0.2, 0.25) is 0 Å². The van der Waals surface area contributed by atoms with E-state index in [1.165, 1.54) is 23.5 Å². The maximum atomic E-state index is 12.8. The average molecular weight is 330 g/mol. The van der Waals surface area contributed by atoms with E-state index in [1.807, 2.05) is 19.2 Å². The smallest absolute Gasteiger partial charge is 0.270 e. The summed E-state index contributed by atoms with van der Waals surface area (Å²) in [6.07, 6.45) is 1.58. The fourth-order valence-electron chi connectivity index (χ4n) is 2.38. The summed E-state index contributed by atoms with van der Waals surface area (Å²) in [5.74, 6) is -0.228. The lowest BCUT2D eigenvalue weighted by Gasteiger charge is -2.17. The Hall–Kier alpha value is -2.74. The molecule has 3 rings (SSSR count). The van der Waals surface area contributed by atoms with E-state index in [1.54, 1.807) is 17.2 Å². The Kier molecular flexibility index (Phi) is 3.83. The Morgan fingerprint density at radius 2 is 2.26 bits per heavy atom. The predicted octanol–water partition coefficient (Wildman–Crippen LogP) is 3.51. The zero-order valence-corrected chi connectivity index (χ0v) is 13.4. The second-order valence-electron chi connectivity index (χ2n) is 5.01. The van der Waals surface area contributed by atoms with Crippen molar-refractivity contribution in [3.63, 3.8) is 0 Å². The molecular formula is C15H14N4O3S. The molecule has 0 aliphatic carbocycles. The summed E-state index contributed by atoms with van der Waals surface area (Å²) in [6.45, 7) is 4.20. The number of non-ortho nitro benzene ring substituents is 1. The van der Waals surface area contributed by atoms with Crippen molar-refractivity contribution in [3.8, 4) is 0 Å². The van der Waals surface area contributed by atoms with E-state index in [4.69, 9.17) is 0 Å². The highest BCUT2D eigenvalue weighted by Crippen LogP contribution is 2.27. The summed E-state index contributed by atoms with van der Waals surface area (Å²) in [5.41, 5.74) is 1.90. The first-order chi connectivity index (χ1) is 11.0. The molecule has 118 valence electrons. The maximum Gasteiger partial charge on any atom is 0.270 e. The second-order valence-corrected chi connectivity index (χ2v) is 5.85. The van der Waals surface area contributed by atoms with Gasteiger partial charge in [-0.05, 0) is 19.9 Å². The molecule has 2 aromatic heterocycles. The van der Waals surface area contributed by atoms with E-state index in [9.17, 15) is 14.9 Å². The van der Waals surface area contributed by atoms with E-state index in [-0.39, 0.29) is 11.6 Å². The van der Waals surface area contributed by atoms with Crippen LogP contribution in [0.2, 0.25) is 0 Å². The van der Waals surface area contributed by atoms with Crippen LogP contribution in [0.3, 0.4) is 0 Å². The summed E-state index contributed by atoms with van der Waals surface area (Å²) in [4.78, 5) is 32.2. The van der Waals surface area contributed by atoms with Gasteiger partial charge in [0.1, 0.15) is 0 Å². The van der Waals surface area contributed by atoms with E-state index in [2.05, 4.69) is 9.97 Å². The first kappa shape index (κ1) is 15.2. The molecule has 0 atom stereocenters. The van der Waals surface area contributed by atoms with Crippen molar-refractivity contribution in [2.75, 3.05) is 11.4 Å². The topological polar surface area (TPSA) is 92.1 Å². The standard InChI is InChI=1S/C15H14N4O3S/c1-3-18(15-17-9(2)8-23-15)14(20)12-7-16-13-5-4-10(19(21)22)6-11(12)13/h4-8,16H,3H2,1-2H3. The van der Waals surface area contributed by atoms with Crippen LogP contribution in [0, 0.1) is 17.0 Å². The number of H-pyrrole nitrogens is 1. The van der Waals surface area contributed by atoms with Gasteiger partial charge in [-0.25, -0.2) is 4.98 Å². The quantitative estimate of drug-likeness (QED) is 0.585. The zero-order valence-electron chi connectivity index (χ0n) is 12.6. The molecule has 0 saturated heterocycles. The molecule has 1 aromatic carbocycles. The molecule has 23 heavy (non-hydrogen) atoms. The van der Waals surface area contributed by atoms with Gasteiger partial charge in [0, 0.05) is 41.2 Å². The number of carbonyl (C=O) groups is 1. The van der Waals surface area contributed by atoms with Crippen molar-refractivity contribution in [2.24, 2.45) is 0 Å². The number of hydrogen-bond donors (Lipinski definition) is 1. The Morgan fingerprint density at radius 3 is 2.87 bits per heavy atom. The number of nitrogens with zero attached hydrogens (tertiary/aromatic N) is 3.